The maximum atomic E-state index is 12.2. The van der Waals surface area contributed by atoms with Crippen LogP contribution in [0.25, 0.3) is 11.0 Å². The van der Waals surface area contributed by atoms with Crippen molar-refractivity contribution in [2.45, 2.75) is 12.1 Å². The minimum atomic E-state index is -0.458. The molecule has 0 spiro atoms. The van der Waals surface area contributed by atoms with Gasteiger partial charge in [-0.2, -0.15) is 0 Å². The number of nitro groups is 1. The Hall–Kier alpha value is -2.87. The van der Waals surface area contributed by atoms with Gasteiger partial charge < -0.3 is 9.88 Å². The quantitative estimate of drug-likeness (QED) is 0.429. The molecule has 0 aliphatic heterocycles. The van der Waals surface area contributed by atoms with E-state index in [1.807, 2.05) is 35.9 Å². The van der Waals surface area contributed by atoms with Crippen molar-refractivity contribution >= 4 is 40.1 Å². The maximum Gasteiger partial charge on any atom is 0.269 e. The zero-order valence-corrected chi connectivity index (χ0v) is 14.5. The van der Waals surface area contributed by atoms with E-state index in [2.05, 4.69) is 10.3 Å². The van der Waals surface area contributed by atoms with Gasteiger partial charge in [0.2, 0.25) is 5.91 Å². The zero-order chi connectivity index (χ0) is 18.0. The van der Waals surface area contributed by atoms with Crippen molar-refractivity contribution < 1.29 is 9.72 Å². The second kappa shape index (κ2) is 6.94. The van der Waals surface area contributed by atoms with E-state index in [4.69, 9.17) is 0 Å². The van der Waals surface area contributed by atoms with Gasteiger partial charge in [0.1, 0.15) is 0 Å². The van der Waals surface area contributed by atoms with Crippen LogP contribution in [0, 0.1) is 17.0 Å². The number of aromatic nitrogens is 2. The lowest BCUT2D eigenvalue weighted by molar-refractivity contribution is -0.384. The highest BCUT2D eigenvalue weighted by Crippen LogP contribution is 2.24. The number of carbonyl (C=O) groups excluding carboxylic acids is 1. The van der Waals surface area contributed by atoms with E-state index in [1.54, 1.807) is 13.0 Å². The molecule has 0 atom stereocenters. The number of para-hydroxylation sites is 2. The maximum absolute atomic E-state index is 12.2. The van der Waals surface area contributed by atoms with E-state index in [0.29, 0.717) is 11.3 Å². The number of imidazole rings is 1. The number of thioether (sulfide) groups is 1. The van der Waals surface area contributed by atoms with Crippen LogP contribution in [0.2, 0.25) is 0 Å². The number of fused-ring (bicyclic) bond motifs is 1. The lowest BCUT2D eigenvalue weighted by Gasteiger charge is -2.08. The number of amides is 1. The molecular formula is C17H16N4O3S. The first-order chi connectivity index (χ1) is 12.0. The zero-order valence-electron chi connectivity index (χ0n) is 13.7. The van der Waals surface area contributed by atoms with E-state index in [-0.39, 0.29) is 17.3 Å². The summed E-state index contributed by atoms with van der Waals surface area (Å²) in [6.45, 7) is 1.72. The molecule has 1 amide bonds. The Labute approximate surface area is 148 Å². The topological polar surface area (TPSA) is 90.1 Å². The number of non-ortho nitro benzene ring substituents is 1. The number of carbonyl (C=O) groups is 1. The summed E-state index contributed by atoms with van der Waals surface area (Å²) < 4.78 is 1.95. The monoisotopic (exact) mass is 356 g/mol. The molecule has 0 fully saturated rings. The average molecular weight is 356 g/mol. The molecular weight excluding hydrogens is 340 g/mol. The van der Waals surface area contributed by atoms with E-state index in [1.165, 1.54) is 23.9 Å². The number of rotatable bonds is 5. The second-order valence-corrected chi connectivity index (χ2v) is 6.48. The third kappa shape index (κ3) is 3.63. The minimum absolute atomic E-state index is 0.00424. The van der Waals surface area contributed by atoms with Gasteiger partial charge >= 0.3 is 0 Å². The van der Waals surface area contributed by atoms with Crippen molar-refractivity contribution in [2.24, 2.45) is 7.05 Å². The first-order valence-corrected chi connectivity index (χ1v) is 8.53. The summed E-state index contributed by atoms with van der Waals surface area (Å²) in [5, 5.41) is 14.3. The van der Waals surface area contributed by atoms with Gasteiger partial charge in [-0.1, -0.05) is 23.9 Å². The van der Waals surface area contributed by atoms with Crippen LogP contribution < -0.4 is 5.32 Å². The Balaban J connectivity index is 1.66. The molecule has 2 aromatic carbocycles. The van der Waals surface area contributed by atoms with Crippen molar-refractivity contribution in [1.29, 1.82) is 0 Å². The number of hydrogen-bond acceptors (Lipinski definition) is 5. The van der Waals surface area contributed by atoms with Gasteiger partial charge in [-0.05, 0) is 30.7 Å². The normalized spacial score (nSPS) is 10.8. The standard InChI is InChI=1S/C17H16N4O3S/c1-11-9-12(21(23)24)7-8-13(11)18-16(22)10-25-17-19-14-5-3-4-6-15(14)20(17)2/h3-9H,10H2,1-2H3,(H,18,22). The fraction of sp³-hybridized carbons (Fsp3) is 0.176. The Morgan fingerprint density at radius 2 is 2.08 bits per heavy atom. The van der Waals surface area contributed by atoms with Gasteiger partial charge in [0, 0.05) is 24.9 Å². The van der Waals surface area contributed by atoms with Gasteiger partial charge in [0.05, 0.1) is 21.7 Å². The SMILES string of the molecule is Cc1cc([N+](=O)[O-])ccc1NC(=O)CSc1nc2ccccc2n1C. The smallest absolute Gasteiger partial charge is 0.269 e. The molecule has 1 N–H and O–H groups in total. The molecule has 0 radical (unpaired) electrons. The van der Waals surface area contributed by atoms with Crippen molar-refractivity contribution in [3.05, 3.63) is 58.1 Å². The average Bonchev–Trinajstić information content (AvgIpc) is 2.91. The van der Waals surface area contributed by atoms with Gasteiger partial charge in [0.15, 0.2) is 5.16 Å². The third-order valence-electron chi connectivity index (χ3n) is 3.77. The molecule has 0 bridgehead atoms. The molecule has 0 unspecified atom stereocenters. The second-order valence-electron chi connectivity index (χ2n) is 5.54. The molecule has 0 saturated carbocycles. The van der Waals surface area contributed by atoms with Crippen LogP contribution in [0.1, 0.15) is 5.56 Å². The summed E-state index contributed by atoms with van der Waals surface area (Å²) >= 11 is 1.35. The Kier molecular flexibility index (Phi) is 4.71. The molecule has 128 valence electrons. The molecule has 1 aromatic heterocycles. The summed E-state index contributed by atoms with van der Waals surface area (Å²) in [6, 6.07) is 12.1. The van der Waals surface area contributed by atoms with Crippen LogP contribution in [-0.4, -0.2) is 26.1 Å². The largest absolute Gasteiger partial charge is 0.325 e. The molecule has 3 aromatic rings. The minimum Gasteiger partial charge on any atom is -0.325 e. The number of nitrogens with one attached hydrogen (secondary N) is 1. The first-order valence-electron chi connectivity index (χ1n) is 7.55. The summed E-state index contributed by atoms with van der Waals surface area (Å²) in [7, 11) is 1.91. The summed E-state index contributed by atoms with van der Waals surface area (Å²) in [5.74, 6) is 0.0159. The molecule has 25 heavy (non-hydrogen) atoms. The Morgan fingerprint density at radius 1 is 1.32 bits per heavy atom. The van der Waals surface area contributed by atoms with Crippen molar-refractivity contribution in [3.8, 4) is 0 Å². The molecule has 0 aliphatic rings. The van der Waals surface area contributed by atoms with E-state index < -0.39 is 4.92 Å². The predicted octanol–water partition coefficient (Wildman–Crippen LogP) is 3.52. The predicted molar refractivity (Wildman–Crippen MR) is 97.9 cm³/mol. The van der Waals surface area contributed by atoms with E-state index in [9.17, 15) is 14.9 Å². The van der Waals surface area contributed by atoms with Crippen LogP contribution in [0.3, 0.4) is 0 Å². The van der Waals surface area contributed by atoms with Crippen molar-refractivity contribution in [1.82, 2.24) is 9.55 Å². The van der Waals surface area contributed by atoms with Crippen LogP contribution in [-0.2, 0) is 11.8 Å². The third-order valence-corrected chi connectivity index (χ3v) is 4.80. The van der Waals surface area contributed by atoms with Crippen molar-refractivity contribution in [3.63, 3.8) is 0 Å². The summed E-state index contributed by atoms with van der Waals surface area (Å²) in [4.78, 5) is 27.0. The molecule has 0 aliphatic carbocycles. The fourth-order valence-electron chi connectivity index (χ4n) is 2.47. The molecule has 8 heteroatoms. The lowest BCUT2D eigenvalue weighted by atomic mass is 10.2. The summed E-state index contributed by atoms with van der Waals surface area (Å²) in [5.41, 5.74) is 3.12. The molecule has 7 nitrogen and oxygen atoms in total. The van der Waals surface area contributed by atoms with Crippen LogP contribution in [0.5, 0.6) is 0 Å². The molecule has 3 rings (SSSR count). The highest BCUT2D eigenvalue weighted by molar-refractivity contribution is 7.99. The van der Waals surface area contributed by atoms with Crippen LogP contribution in [0.4, 0.5) is 11.4 Å². The van der Waals surface area contributed by atoms with Crippen molar-refractivity contribution in [2.75, 3.05) is 11.1 Å². The van der Waals surface area contributed by atoms with Gasteiger partial charge in [-0.3, -0.25) is 14.9 Å². The summed E-state index contributed by atoms with van der Waals surface area (Å²) in [6.07, 6.45) is 0. The fourth-order valence-corrected chi connectivity index (χ4v) is 3.26. The highest BCUT2D eigenvalue weighted by atomic mass is 32.2. The van der Waals surface area contributed by atoms with Crippen LogP contribution in [0.15, 0.2) is 47.6 Å². The Morgan fingerprint density at radius 3 is 2.76 bits per heavy atom. The number of aryl methyl sites for hydroxylation is 2. The van der Waals surface area contributed by atoms with Gasteiger partial charge in [-0.15, -0.1) is 0 Å². The lowest BCUT2D eigenvalue weighted by Crippen LogP contribution is -2.15. The number of benzene rings is 2. The van der Waals surface area contributed by atoms with Crippen LogP contribution >= 0.6 is 11.8 Å². The molecule has 1 heterocycles. The first kappa shape index (κ1) is 17.0. The van der Waals surface area contributed by atoms with Gasteiger partial charge in [0.25, 0.3) is 5.69 Å². The van der Waals surface area contributed by atoms with E-state index in [0.717, 1.165) is 16.2 Å². The Bertz CT molecular complexity index is 968. The number of hydrogen-bond donors (Lipinski definition) is 1. The van der Waals surface area contributed by atoms with Gasteiger partial charge in [-0.25, -0.2) is 4.98 Å². The highest BCUT2D eigenvalue weighted by Gasteiger charge is 2.13. The number of anilines is 1. The number of nitrogens with zero attached hydrogens (tertiary/aromatic N) is 3. The van der Waals surface area contributed by atoms with E-state index >= 15 is 0 Å². The number of nitro benzene ring substituents is 1. The molecule has 0 saturated heterocycles.